The summed E-state index contributed by atoms with van der Waals surface area (Å²) < 4.78 is 32.1. The van der Waals surface area contributed by atoms with Gasteiger partial charge in [0.15, 0.2) is 3.76 Å². The van der Waals surface area contributed by atoms with Crippen LogP contribution in [0.5, 0.6) is 0 Å². The summed E-state index contributed by atoms with van der Waals surface area (Å²) in [6.07, 6.45) is 10.3. The van der Waals surface area contributed by atoms with Crippen molar-refractivity contribution in [2.24, 2.45) is 0 Å². The fourth-order valence-corrected chi connectivity index (χ4v) is 4.48. The lowest BCUT2D eigenvalue weighted by Crippen LogP contribution is -2.31. The molecule has 0 bridgehead atoms. The highest BCUT2D eigenvalue weighted by Gasteiger charge is 2.13. The summed E-state index contributed by atoms with van der Waals surface area (Å²) >= 11 is -0.797. The summed E-state index contributed by atoms with van der Waals surface area (Å²) in [5.41, 5.74) is 1.78. The molecule has 0 aromatic carbocycles. The summed E-state index contributed by atoms with van der Waals surface area (Å²) in [6, 6.07) is 1.98. The zero-order valence-corrected chi connectivity index (χ0v) is 15.3. The van der Waals surface area contributed by atoms with Crippen molar-refractivity contribution in [2.75, 3.05) is 6.67 Å². The van der Waals surface area contributed by atoms with Crippen LogP contribution in [0.3, 0.4) is 0 Å². The zero-order chi connectivity index (χ0) is 17.2. The minimum absolute atomic E-state index is 0.130. The molecule has 4 heterocycles. The molecular formula is C17H14F2IN5. The molecule has 0 amide bonds. The van der Waals surface area contributed by atoms with E-state index in [9.17, 15) is 8.78 Å². The molecule has 128 valence electrons. The average molecular weight is 453 g/mol. The average Bonchev–Trinajstić information content (AvgIpc) is 3.23. The Morgan fingerprint density at radius 2 is 2.12 bits per heavy atom. The number of hydrogen-bond acceptors (Lipinski definition) is 3. The number of pyridine rings is 1. The Morgan fingerprint density at radius 3 is 2.92 bits per heavy atom. The molecule has 0 fully saturated rings. The molecule has 0 saturated carbocycles. The van der Waals surface area contributed by atoms with Crippen LogP contribution in [-0.2, 0) is 13.1 Å². The van der Waals surface area contributed by atoms with E-state index in [0.29, 0.717) is 17.7 Å². The van der Waals surface area contributed by atoms with Crippen LogP contribution in [0.2, 0.25) is 0 Å². The number of imidazole rings is 2. The second-order valence-electron chi connectivity index (χ2n) is 5.52. The number of aromatic nitrogens is 5. The predicted molar refractivity (Wildman–Crippen MR) is 101 cm³/mol. The molecule has 3 aromatic heterocycles. The lowest BCUT2D eigenvalue weighted by atomic mass is 10.2. The van der Waals surface area contributed by atoms with Crippen molar-refractivity contribution in [3.63, 3.8) is 0 Å². The summed E-state index contributed by atoms with van der Waals surface area (Å²) in [4.78, 5) is 12.9. The third kappa shape index (κ3) is 3.30. The highest BCUT2D eigenvalue weighted by molar-refractivity contribution is 14.2. The molecule has 0 saturated heterocycles. The first-order valence-electron chi connectivity index (χ1n) is 7.65. The number of hydrogen-bond donors (Lipinski definition) is 0. The largest absolute Gasteiger partial charge is 0.333 e. The van der Waals surface area contributed by atoms with Crippen molar-refractivity contribution in [1.82, 2.24) is 24.1 Å². The highest BCUT2D eigenvalue weighted by Crippen LogP contribution is 2.17. The number of fused-ring (bicyclic) bond motifs is 1. The summed E-state index contributed by atoms with van der Waals surface area (Å²) in [7, 11) is 0. The Kier molecular flexibility index (Phi) is 4.51. The number of nitrogens with zero attached hydrogens (tertiary/aromatic N) is 5. The van der Waals surface area contributed by atoms with Gasteiger partial charge >= 0.3 is 0 Å². The fraction of sp³-hybridized carbons (Fsp3) is 0.176. The van der Waals surface area contributed by atoms with E-state index in [4.69, 9.17) is 0 Å². The maximum absolute atomic E-state index is 13.6. The van der Waals surface area contributed by atoms with Gasteiger partial charge in [-0.1, -0.05) is 20.7 Å². The van der Waals surface area contributed by atoms with E-state index in [-0.39, 0.29) is 10.3 Å². The van der Waals surface area contributed by atoms with E-state index in [2.05, 4.69) is 15.0 Å². The molecule has 0 aliphatic carbocycles. The first-order chi connectivity index (χ1) is 12.2. The minimum Gasteiger partial charge on any atom is -0.333 e. The van der Waals surface area contributed by atoms with Gasteiger partial charge in [0.05, 0.1) is 30.1 Å². The number of rotatable bonds is 5. The molecular weight excluding hydrogens is 439 g/mol. The van der Waals surface area contributed by atoms with Crippen molar-refractivity contribution < 1.29 is 8.78 Å². The van der Waals surface area contributed by atoms with Crippen molar-refractivity contribution in [1.29, 1.82) is 0 Å². The van der Waals surface area contributed by atoms with E-state index in [1.165, 1.54) is 6.08 Å². The molecule has 0 N–H and O–H groups in total. The molecule has 0 spiro atoms. The van der Waals surface area contributed by atoms with Crippen LogP contribution < -0.4 is 10.7 Å². The maximum atomic E-state index is 13.6. The standard InChI is InChI=1S/C17H14F2IN5/c18-1-3-25-15-7-20-16(19)6-14(15)23-17(25)13-5-12(8-22-9-13)10-24-4-2-21-11-24/h2,4-9,11H,1,3,10H2. The van der Waals surface area contributed by atoms with Crippen LogP contribution in [0, 0.1) is 0 Å². The number of halogens is 3. The third-order valence-corrected chi connectivity index (χ3v) is 5.64. The van der Waals surface area contributed by atoms with Crippen molar-refractivity contribution >= 4 is 34.7 Å². The first-order valence-corrected chi connectivity index (χ1v) is 9.97. The lowest BCUT2D eigenvalue weighted by Gasteiger charge is -2.08. The van der Waals surface area contributed by atoms with Gasteiger partial charge in [0, 0.05) is 40.5 Å². The Balaban J connectivity index is 1.79. The Hall–Kier alpha value is -2.23. The molecule has 0 unspecified atom stereocenters. The molecule has 5 nitrogen and oxygen atoms in total. The van der Waals surface area contributed by atoms with E-state index in [1.54, 1.807) is 24.9 Å². The van der Waals surface area contributed by atoms with Crippen molar-refractivity contribution in [3.05, 3.63) is 53.4 Å². The zero-order valence-electron chi connectivity index (χ0n) is 13.1. The summed E-state index contributed by atoms with van der Waals surface area (Å²) in [5, 5.41) is 1.37. The van der Waals surface area contributed by atoms with Crippen LogP contribution in [0.4, 0.5) is 8.78 Å². The predicted octanol–water partition coefficient (Wildman–Crippen LogP) is 1.76. The SMILES string of the molecule is FCCn1c(-c2cncc(Cn3ccnc3)c2)nc2c1=CI=C(F)C=2. The second kappa shape index (κ2) is 6.95. The lowest BCUT2D eigenvalue weighted by molar-refractivity contribution is 0.444. The second-order valence-corrected chi connectivity index (χ2v) is 7.79. The van der Waals surface area contributed by atoms with Crippen LogP contribution >= 0.6 is 20.7 Å². The van der Waals surface area contributed by atoms with E-state index in [1.807, 2.05) is 25.5 Å². The van der Waals surface area contributed by atoms with Gasteiger partial charge in [-0.05, 0) is 11.6 Å². The van der Waals surface area contributed by atoms with Crippen LogP contribution in [0.1, 0.15) is 5.56 Å². The van der Waals surface area contributed by atoms with E-state index in [0.717, 1.165) is 16.5 Å². The third-order valence-electron chi connectivity index (χ3n) is 3.83. The van der Waals surface area contributed by atoms with Gasteiger partial charge in [-0.15, -0.1) is 0 Å². The molecule has 0 atom stereocenters. The van der Waals surface area contributed by atoms with Gasteiger partial charge in [0.1, 0.15) is 12.5 Å². The Labute approximate surface area is 152 Å². The van der Waals surface area contributed by atoms with Gasteiger partial charge in [-0.3, -0.25) is 4.98 Å². The van der Waals surface area contributed by atoms with Gasteiger partial charge in [0.25, 0.3) is 0 Å². The summed E-state index contributed by atoms with van der Waals surface area (Å²) in [6.45, 7) is 0.325. The Morgan fingerprint density at radius 1 is 1.20 bits per heavy atom. The molecule has 25 heavy (non-hydrogen) atoms. The van der Waals surface area contributed by atoms with E-state index < -0.39 is 27.4 Å². The fourth-order valence-electron chi connectivity index (χ4n) is 2.76. The highest BCUT2D eigenvalue weighted by atomic mass is 127. The molecule has 4 rings (SSSR count). The topological polar surface area (TPSA) is 48.5 Å². The van der Waals surface area contributed by atoms with Gasteiger partial charge < -0.3 is 9.13 Å². The van der Waals surface area contributed by atoms with Crippen molar-refractivity contribution in [3.8, 4) is 11.4 Å². The number of alkyl halides is 1. The van der Waals surface area contributed by atoms with Gasteiger partial charge in [0.2, 0.25) is 0 Å². The van der Waals surface area contributed by atoms with Crippen molar-refractivity contribution in [2.45, 2.75) is 13.1 Å². The molecule has 0 radical (unpaired) electrons. The minimum atomic E-state index is -0.797. The van der Waals surface area contributed by atoms with Crippen LogP contribution in [0.15, 0.2) is 37.2 Å². The van der Waals surface area contributed by atoms with Crippen LogP contribution in [0.25, 0.3) is 21.5 Å². The molecule has 1 aliphatic rings. The maximum Gasteiger partial charge on any atom is 0.157 e. The Bertz CT molecular complexity index is 1050. The molecule has 3 aromatic rings. The first kappa shape index (κ1) is 16.2. The normalized spacial score (nSPS) is 13.3. The van der Waals surface area contributed by atoms with Crippen LogP contribution in [-0.4, -0.2) is 34.5 Å². The monoisotopic (exact) mass is 453 g/mol. The quantitative estimate of drug-likeness (QED) is 0.554. The summed E-state index contributed by atoms with van der Waals surface area (Å²) in [5.74, 6) is 0.619. The smallest absolute Gasteiger partial charge is 0.157 e. The van der Waals surface area contributed by atoms with Gasteiger partial charge in [-0.25, -0.2) is 18.7 Å². The molecule has 8 heteroatoms. The van der Waals surface area contributed by atoms with E-state index >= 15 is 0 Å². The molecule has 1 aliphatic heterocycles. The van der Waals surface area contributed by atoms with Gasteiger partial charge in [-0.2, -0.15) is 0 Å².